The van der Waals surface area contributed by atoms with E-state index in [1.54, 1.807) is 0 Å². The van der Waals surface area contributed by atoms with Crippen LogP contribution in [-0.2, 0) is 0 Å². The van der Waals surface area contributed by atoms with Gasteiger partial charge in [-0.15, -0.1) is 0 Å². The van der Waals surface area contributed by atoms with Crippen molar-refractivity contribution in [3.05, 3.63) is 0 Å². The van der Waals surface area contributed by atoms with Gasteiger partial charge in [0.15, 0.2) is 0 Å². The Morgan fingerprint density at radius 3 is 1.70 bits per heavy atom. The van der Waals surface area contributed by atoms with Crippen molar-refractivity contribution in [2.24, 2.45) is 0 Å². The van der Waals surface area contributed by atoms with Crippen molar-refractivity contribution in [2.45, 2.75) is 38.7 Å². The summed E-state index contributed by atoms with van der Waals surface area (Å²) >= 11 is 1.96. The normalized spacial score (nSPS) is 13.2. The first-order valence-corrected chi connectivity index (χ1v) is 8.03. The van der Waals surface area contributed by atoms with Crippen LogP contribution in [0, 0.1) is 0 Å². The van der Waals surface area contributed by atoms with Crippen LogP contribution in [0.25, 0.3) is 0 Å². The minimum absolute atomic E-state index is 0.719. The molecule has 0 aromatic rings. The molecular formula is C7H19NSSi. The van der Waals surface area contributed by atoms with Crippen molar-refractivity contribution >= 4 is 20.2 Å². The van der Waals surface area contributed by atoms with E-state index in [4.69, 9.17) is 0 Å². The summed E-state index contributed by atoms with van der Waals surface area (Å²) in [4.78, 5) is 0. The molecule has 0 bridgehead atoms. The van der Waals surface area contributed by atoms with E-state index in [9.17, 15) is 0 Å². The van der Waals surface area contributed by atoms with E-state index in [1.807, 2.05) is 11.9 Å². The van der Waals surface area contributed by atoms with Gasteiger partial charge in [-0.1, -0.05) is 45.4 Å². The number of hydrogen-bond donors (Lipinski definition) is 0. The van der Waals surface area contributed by atoms with Crippen LogP contribution in [0.3, 0.4) is 0 Å². The lowest BCUT2D eigenvalue weighted by molar-refractivity contribution is 0.831. The van der Waals surface area contributed by atoms with Crippen molar-refractivity contribution in [3.63, 3.8) is 0 Å². The Balaban J connectivity index is 3.73. The maximum atomic E-state index is 2.44. The molecule has 0 unspecified atom stereocenters. The monoisotopic (exact) mass is 177 g/mol. The van der Waals surface area contributed by atoms with E-state index in [1.165, 1.54) is 0 Å². The van der Waals surface area contributed by atoms with Crippen LogP contribution >= 0.6 is 11.9 Å². The molecule has 1 nitrogen and oxygen atoms in total. The molecule has 0 fully saturated rings. The quantitative estimate of drug-likeness (QED) is 0.482. The lowest BCUT2D eigenvalue weighted by Gasteiger charge is -2.29. The third-order valence-electron chi connectivity index (χ3n) is 1.31. The Kier molecular flexibility index (Phi) is 3.99. The minimum atomic E-state index is -1.03. The number of hydrogen-bond acceptors (Lipinski definition) is 2. The van der Waals surface area contributed by atoms with Gasteiger partial charge in [0, 0.05) is 5.25 Å². The van der Waals surface area contributed by atoms with Crippen LogP contribution in [0.5, 0.6) is 0 Å². The predicted octanol–water partition coefficient (Wildman–Crippen LogP) is 2.81. The van der Waals surface area contributed by atoms with Gasteiger partial charge in [0.1, 0.15) is 8.24 Å². The molecule has 3 heteroatoms. The SMILES string of the molecule is CC(C)SN(C)[Si](C)(C)C. The largest absolute Gasteiger partial charge is 0.275 e. The van der Waals surface area contributed by atoms with E-state index in [0.717, 1.165) is 5.25 Å². The number of rotatable bonds is 3. The second-order valence-corrected chi connectivity index (χ2v) is 10.9. The van der Waals surface area contributed by atoms with Crippen LogP contribution in [0.2, 0.25) is 19.6 Å². The first-order chi connectivity index (χ1) is 4.34. The first kappa shape index (κ1) is 10.5. The van der Waals surface area contributed by atoms with Gasteiger partial charge in [-0.05, 0) is 7.05 Å². The second kappa shape index (κ2) is 3.79. The molecular weight excluding hydrogens is 158 g/mol. The van der Waals surface area contributed by atoms with Crippen molar-refractivity contribution in [1.82, 2.24) is 3.97 Å². The summed E-state index contributed by atoms with van der Waals surface area (Å²) < 4.78 is 2.44. The lowest BCUT2D eigenvalue weighted by Crippen LogP contribution is -2.38. The van der Waals surface area contributed by atoms with Crippen LogP contribution in [-0.4, -0.2) is 24.5 Å². The average Bonchev–Trinajstić information content (AvgIpc) is 1.60. The zero-order valence-electron chi connectivity index (χ0n) is 7.93. The predicted molar refractivity (Wildman–Crippen MR) is 53.8 cm³/mol. The van der Waals surface area contributed by atoms with Crippen LogP contribution < -0.4 is 0 Å². The van der Waals surface area contributed by atoms with Gasteiger partial charge in [-0.3, -0.25) is 3.97 Å². The highest BCUT2D eigenvalue weighted by Gasteiger charge is 2.20. The van der Waals surface area contributed by atoms with Gasteiger partial charge >= 0.3 is 0 Å². The molecule has 0 aromatic heterocycles. The molecule has 0 rings (SSSR count). The highest BCUT2D eigenvalue weighted by atomic mass is 32.2. The third-order valence-corrected chi connectivity index (χ3v) is 5.90. The second-order valence-electron chi connectivity index (χ2n) is 3.82. The van der Waals surface area contributed by atoms with Crippen LogP contribution in [0.4, 0.5) is 0 Å². The molecule has 0 aliphatic rings. The van der Waals surface area contributed by atoms with E-state index >= 15 is 0 Å². The summed E-state index contributed by atoms with van der Waals surface area (Å²) in [5.41, 5.74) is 0. The summed E-state index contributed by atoms with van der Waals surface area (Å²) in [7, 11) is 1.18. The van der Waals surface area contributed by atoms with Crippen LogP contribution in [0.1, 0.15) is 13.8 Å². The fraction of sp³-hybridized carbons (Fsp3) is 1.00. The topological polar surface area (TPSA) is 3.24 Å². The fourth-order valence-electron chi connectivity index (χ4n) is 0.474. The first-order valence-electron chi connectivity index (χ1n) is 3.74. The lowest BCUT2D eigenvalue weighted by atomic mass is 10.6. The maximum absolute atomic E-state index is 2.44. The van der Waals surface area contributed by atoms with E-state index < -0.39 is 8.24 Å². The average molecular weight is 177 g/mol. The Morgan fingerprint density at radius 2 is 1.60 bits per heavy atom. The van der Waals surface area contributed by atoms with Crippen molar-refractivity contribution in [3.8, 4) is 0 Å². The Bertz CT molecular complexity index is 98.3. The molecule has 0 aromatic carbocycles. The molecule has 0 spiro atoms. The molecule has 0 heterocycles. The third kappa shape index (κ3) is 4.36. The van der Waals surface area contributed by atoms with Crippen molar-refractivity contribution in [1.29, 1.82) is 0 Å². The van der Waals surface area contributed by atoms with Crippen molar-refractivity contribution < 1.29 is 0 Å². The van der Waals surface area contributed by atoms with Gasteiger partial charge < -0.3 is 0 Å². The highest BCUT2D eigenvalue weighted by molar-refractivity contribution is 7.98. The molecule has 0 saturated carbocycles. The summed E-state index contributed by atoms with van der Waals surface area (Å²) in [6, 6.07) is 0. The van der Waals surface area contributed by atoms with Gasteiger partial charge in [-0.25, -0.2) is 0 Å². The molecule has 0 saturated heterocycles. The molecule has 0 radical (unpaired) electrons. The smallest absolute Gasteiger partial charge is 0.131 e. The number of nitrogens with zero attached hydrogens (tertiary/aromatic N) is 1. The van der Waals surface area contributed by atoms with Gasteiger partial charge in [-0.2, -0.15) is 0 Å². The maximum Gasteiger partial charge on any atom is 0.131 e. The van der Waals surface area contributed by atoms with Gasteiger partial charge in [0.25, 0.3) is 0 Å². The van der Waals surface area contributed by atoms with E-state index in [0.29, 0.717) is 0 Å². The minimum Gasteiger partial charge on any atom is -0.275 e. The Labute approximate surface area is 70.4 Å². The molecule has 0 N–H and O–H groups in total. The van der Waals surface area contributed by atoms with Gasteiger partial charge in [0.05, 0.1) is 0 Å². The van der Waals surface area contributed by atoms with E-state index in [-0.39, 0.29) is 0 Å². The zero-order valence-corrected chi connectivity index (χ0v) is 9.75. The molecule has 0 amide bonds. The molecule has 0 aliphatic heterocycles. The zero-order chi connectivity index (χ0) is 8.36. The van der Waals surface area contributed by atoms with E-state index in [2.05, 4.69) is 44.5 Å². The van der Waals surface area contributed by atoms with Crippen LogP contribution in [0.15, 0.2) is 0 Å². The Morgan fingerprint density at radius 1 is 1.20 bits per heavy atom. The standard InChI is InChI=1S/C7H19NSSi/c1-7(2)9-8(3)10(4,5)6/h7H,1-6H3. The summed E-state index contributed by atoms with van der Waals surface area (Å²) in [6.45, 7) is 11.6. The Hall–Kier alpha value is 0.527. The summed E-state index contributed by atoms with van der Waals surface area (Å²) in [5.74, 6) is 0. The summed E-state index contributed by atoms with van der Waals surface area (Å²) in [6.07, 6.45) is 0. The van der Waals surface area contributed by atoms with Gasteiger partial charge in [0.2, 0.25) is 0 Å². The van der Waals surface area contributed by atoms with Crippen molar-refractivity contribution in [2.75, 3.05) is 7.05 Å². The summed E-state index contributed by atoms with van der Waals surface area (Å²) in [5, 5.41) is 0.719. The molecule has 0 aliphatic carbocycles. The molecule has 62 valence electrons. The fourth-order valence-corrected chi connectivity index (χ4v) is 3.00. The highest BCUT2D eigenvalue weighted by Crippen LogP contribution is 2.21. The molecule has 0 atom stereocenters. The molecule has 10 heavy (non-hydrogen) atoms.